The van der Waals surface area contributed by atoms with E-state index in [-0.39, 0.29) is 6.54 Å². The number of ether oxygens (including phenoxy) is 1. The lowest BCUT2D eigenvalue weighted by atomic mass is 10.2. The van der Waals surface area contributed by atoms with Gasteiger partial charge in [-0.2, -0.15) is 13.2 Å². The zero-order chi connectivity index (χ0) is 15.7. The summed E-state index contributed by atoms with van der Waals surface area (Å²) in [5.74, 6) is -2.88. The summed E-state index contributed by atoms with van der Waals surface area (Å²) in [5, 5.41) is 1.55. The van der Waals surface area contributed by atoms with E-state index < -0.39 is 42.1 Å². The number of rotatable bonds is 1. The second-order valence-corrected chi connectivity index (χ2v) is 5.35. The molecule has 1 rings (SSSR count). The molecule has 1 unspecified atom stereocenters. The molecule has 0 aliphatic carbocycles. The molecule has 1 heterocycles. The van der Waals surface area contributed by atoms with E-state index in [2.05, 4.69) is 0 Å². The van der Waals surface area contributed by atoms with Gasteiger partial charge in [-0.3, -0.25) is 14.5 Å². The standard InChI is InChI=1S/C11H15F3N2O4/c1-10(2,3)20-9(19)16-4-6(7(17)5-16)15-8(18)11(12,13)14/h6H,4-5H2,1-3H3,(H,15,18). The Bertz CT molecular complexity index is 428. The summed E-state index contributed by atoms with van der Waals surface area (Å²) < 4.78 is 41.2. The van der Waals surface area contributed by atoms with Gasteiger partial charge < -0.3 is 10.1 Å². The van der Waals surface area contributed by atoms with E-state index in [4.69, 9.17) is 4.74 Å². The number of ketones is 1. The first-order valence-electron chi connectivity index (χ1n) is 5.78. The maximum Gasteiger partial charge on any atom is 0.471 e. The highest BCUT2D eigenvalue weighted by molar-refractivity contribution is 5.95. The topological polar surface area (TPSA) is 75.7 Å². The molecule has 2 amide bonds. The van der Waals surface area contributed by atoms with Crippen molar-refractivity contribution in [2.24, 2.45) is 0 Å². The number of alkyl halides is 3. The molecule has 0 aromatic carbocycles. The lowest BCUT2D eigenvalue weighted by Crippen LogP contribution is -2.47. The number of hydrogen-bond acceptors (Lipinski definition) is 4. The molecule has 20 heavy (non-hydrogen) atoms. The Morgan fingerprint density at radius 3 is 2.30 bits per heavy atom. The van der Waals surface area contributed by atoms with E-state index in [0.29, 0.717) is 0 Å². The number of likely N-dealkylation sites (tertiary alicyclic amines) is 1. The van der Waals surface area contributed by atoms with E-state index in [1.54, 1.807) is 26.1 Å². The van der Waals surface area contributed by atoms with Crippen LogP contribution in [-0.2, 0) is 14.3 Å². The molecule has 1 fully saturated rings. The second kappa shape index (κ2) is 5.29. The monoisotopic (exact) mass is 296 g/mol. The predicted molar refractivity (Wildman–Crippen MR) is 60.8 cm³/mol. The van der Waals surface area contributed by atoms with Crippen molar-refractivity contribution >= 4 is 17.8 Å². The smallest absolute Gasteiger partial charge is 0.444 e. The highest BCUT2D eigenvalue weighted by atomic mass is 19.4. The molecule has 0 radical (unpaired) electrons. The Hall–Kier alpha value is -1.80. The molecule has 0 saturated carbocycles. The van der Waals surface area contributed by atoms with Gasteiger partial charge in [-0.25, -0.2) is 4.79 Å². The lowest BCUT2D eigenvalue weighted by Gasteiger charge is -2.24. The van der Waals surface area contributed by atoms with Crippen LogP contribution in [0.25, 0.3) is 0 Å². The molecular formula is C11H15F3N2O4. The molecule has 1 aliphatic heterocycles. The molecule has 1 saturated heterocycles. The van der Waals surface area contributed by atoms with Crippen molar-refractivity contribution in [3.8, 4) is 0 Å². The summed E-state index contributed by atoms with van der Waals surface area (Å²) in [6.07, 6.45) is -5.88. The quantitative estimate of drug-likeness (QED) is 0.778. The van der Waals surface area contributed by atoms with Gasteiger partial charge in [-0.15, -0.1) is 0 Å². The van der Waals surface area contributed by atoms with Crippen LogP contribution in [0.3, 0.4) is 0 Å². The first kappa shape index (κ1) is 16.3. The van der Waals surface area contributed by atoms with Gasteiger partial charge in [-0.1, -0.05) is 0 Å². The molecule has 0 spiro atoms. The van der Waals surface area contributed by atoms with Crippen LogP contribution in [0.5, 0.6) is 0 Å². The summed E-state index contributed by atoms with van der Waals surface area (Å²) in [5.41, 5.74) is -0.784. The van der Waals surface area contributed by atoms with Crippen LogP contribution in [0.15, 0.2) is 0 Å². The van der Waals surface area contributed by atoms with Crippen molar-refractivity contribution < 1.29 is 32.3 Å². The van der Waals surface area contributed by atoms with Crippen molar-refractivity contribution in [1.29, 1.82) is 0 Å². The van der Waals surface area contributed by atoms with Crippen molar-refractivity contribution in [3.05, 3.63) is 0 Å². The fourth-order valence-electron chi connectivity index (χ4n) is 1.52. The summed E-state index contributed by atoms with van der Waals surface area (Å²) in [6, 6.07) is -1.36. The van der Waals surface area contributed by atoms with Crippen molar-refractivity contribution in [2.75, 3.05) is 13.1 Å². The Balaban J connectivity index is 2.62. The molecule has 1 N–H and O–H groups in total. The average molecular weight is 296 g/mol. The summed E-state index contributed by atoms with van der Waals surface area (Å²) in [4.78, 5) is 34.8. The SMILES string of the molecule is CC(C)(C)OC(=O)N1CC(=O)C(NC(=O)C(F)(F)F)C1. The predicted octanol–water partition coefficient (Wildman–Crippen LogP) is 0.853. The Kier molecular flexibility index (Phi) is 4.30. The van der Waals surface area contributed by atoms with Crippen LogP contribution < -0.4 is 5.32 Å². The summed E-state index contributed by atoms with van der Waals surface area (Å²) in [7, 11) is 0. The third kappa shape index (κ3) is 4.39. The van der Waals surface area contributed by atoms with Crippen LogP contribution in [-0.4, -0.2) is 53.6 Å². The van der Waals surface area contributed by atoms with Crippen molar-refractivity contribution in [1.82, 2.24) is 10.2 Å². The van der Waals surface area contributed by atoms with Crippen LogP contribution in [0.1, 0.15) is 20.8 Å². The number of nitrogens with one attached hydrogen (secondary N) is 1. The number of amides is 2. The largest absolute Gasteiger partial charge is 0.471 e. The molecule has 0 aromatic rings. The maximum absolute atomic E-state index is 12.1. The molecule has 1 atom stereocenters. The zero-order valence-corrected chi connectivity index (χ0v) is 11.2. The fourth-order valence-corrected chi connectivity index (χ4v) is 1.52. The van der Waals surface area contributed by atoms with Gasteiger partial charge in [0.15, 0.2) is 5.78 Å². The van der Waals surface area contributed by atoms with Crippen LogP contribution >= 0.6 is 0 Å². The minimum atomic E-state index is -5.07. The number of hydrogen-bond donors (Lipinski definition) is 1. The first-order chi connectivity index (χ1) is 8.90. The summed E-state index contributed by atoms with van der Waals surface area (Å²) >= 11 is 0. The number of nitrogens with zero attached hydrogens (tertiary/aromatic N) is 1. The van der Waals surface area contributed by atoms with Gasteiger partial charge in [0.25, 0.3) is 0 Å². The van der Waals surface area contributed by atoms with Gasteiger partial charge >= 0.3 is 18.2 Å². The molecule has 9 heteroatoms. The molecule has 114 valence electrons. The van der Waals surface area contributed by atoms with Crippen LogP contribution in [0, 0.1) is 0 Å². The Morgan fingerprint density at radius 2 is 1.85 bits per heavy atom. The molecule has 0 aromatic heterocycles. The normalized spacial score (nSPS) is 20.0. The second-order valence-electron chi connectivity index (χ2n) is 5.35. The van der Waals surface area contributed by atoms with Gasteiger partial charge in [0.1, 0.15) is 11.6 Å². The number of halogens is 3. The Labute approximate surface area is 113 Å². The van der Waals surface area contributed by atoms with E-state index >= 15 is 0 Å². The van der Waals surface area contributed by atoms with Gasteiger partial charge in [-0.05, 0) is 20.8 Å². The van der Waals surface area contributed by atoms with Crippen LogP contribution in [0.2, 0.25) is 0 Å². The molecule has 0 bridgehead atoms. The van der Waals surface area contributed by atoms with E-state index in [0.717, 1.165) is 4.90 Å². The van der Waals surface area contributed by atoms with Gasteiger partial charge in [0.2, 0.25) is 0 Å². The lowest BCUT2D eigenvalue weighted by molar-refractivity contribution is -0.174. The molecular weight excluding hydrogens is 281 g/mol. The van der Waals surface area contributed by atoms with Gasteiger partial charge in [0.05, 0.1) is 13.1 Å². The van der Waals surface area contributed by atoms with Crippen LogP contribution in [0.4, 0.5) is 18.0 Å². The average Bonchev–Trinajstić information content (AvgIpc) is 2.56. The maximum atomic E-state index is 12.1. The first-order valence-corrected chi connectivity index (χ1v) is 5.78. The highest BCUT2D eigenvalue weighted by Crippen LogP contribution is 2.17. The number of Topliss-reactive ketones (excluding diaryl/α,β-unsaturated/α-hetero) is 1. The van der Waals surface area contributed by atoms with E-state index in [9.17, 15) is 27.6 Å². The Morgan fingerprint density at radius 1 is 1.30 bits per heavy atom. The highest BCUT2D eigenvalue weighted by Gasteiger charge is 2.43. The third-order valence-corrected chi connectivity index (χ3v) is 2.35. The number of carbonyl (C=O) groups is 3. The van der Waals surface area contributed by atoms with Crippen molar-refractivity contribution in [2.45, 2.75) is 38.6 Å². The van der Waals surface area contributed by atoms with Crippen molar-refractivity contribution in [3.63, 3.8) is 0 Å². The minimum Gasteiger partial charge on any atom is -0.444 e. The molecule has 6 nitrogen and oxygen atoms in total. The summed E-state index contributed by atoms with van der Waals surface area (Å²) in [6.45, 7) is 4.12. The third-order valence-electron chi connectivity index (χ3n) is 2.35. The fraction of sp³-hybridized carbons (Fsp3) is 0.727. The molecule has 1 aliphatic rings. The number of carbonyl (C=O) groups excluding carboxylic acids is 3. The minimum absolute atomic E-state index is 0.338. The zero-order valence-electron chi connectivity index (χ0n) is 11.2. The van der Waals surface area contributed by atoms with E-state index in [1.165, 1.54) is 0 Å². The van der Waals surface area contributed by atoms with Gasteiger partial charge in [0, 0.05) is 0 Å². The van der Waals surface area contributed by atoms with E-state index in [1.807, 2.05) is 0 Å².